The minimum absolute atomic E-state index is 0.147. The SMILES string of the molecule is Cc1ccc(S(=O)(=O)O)c(-c2ccccc2F)c1. The van der Waals surface area contributed by atoms with Gasteiger partial charge >= 0.3 is 0 Å². The highest BCUT2D eigenvalue weighted by atomic mass is 32.2. The Morgan fingerprint density at radius 2 is 1.72 bits per heavy atom. The highest BCUT2D eigenvalue weighted by Crippen LogP contribution is 2.30. The van der Waals surface area contributed by atoms with Gasteiger partial charge in [-0.2, -0.15) is 8.42 Å². The van der Waals surface area contributed by atoms with Crippen molar-refractivity contribution in [1.82, 2.24) is 0 Å². The van der Waals surface area contributed by atoms with E-state index in [0.29, 0.717) is 0 Å². The van der Waals surface area contributed by atoms with Crippen LogP contribution in [0.3, 0.4) is 0 Å². The molecule has 18 heavy (non-hydrogen) atoms. The Balaban J connectivity index is 2.79. The van der Waals surface area contributed by atoms with Crippen LogP contribution < -0.4 is 0 Å². The van der Waals surface area contributed by atoms with Gasteiger partial charge in [0.15, 0.2) is 0 Å². The van der Waals surface area contributed by atoms with Crippen LogP contribution in [0.2, 0.25) is 0 Å². The Kier molecular flexibility index (Phi) is 3.19. The summed E-state index contributed by atoms with van der Waals surface area (Å²) in [5, 5.41) is 0. The maximum atomic E-state index is 13.7. The van der Waals surface area contributed by atoms with Gasteiger partial charge in [0.25, 0.3) is 10.1 Å². The first-order valence-electron chi connectivity index (χ1n) is 5.22. The molecular weight excluding hydrogens is 255 g/mol. The monoisotopic (exact) mass is 266 g/mol. The summed E-state index contributed by atoms with van der Waals surface area (Å²) in [6.45, 7) is 1.76. The van der Waals surface area contributed by atoms with Crippen molar-refractivity contribution in [2.45, 2.75) is 11.8 Å². The second-order valence-corrected chi connectivity index (χ2v) is 5.34. The minimum atomic E-state index is -4.38. The summed E-state index contributed by atoms with van der Waals surface area (Å²) >= 11 is 0. The van der Waals surface area contributed by atoms with Crippen LogP contribution in [0.1, 0.15) is 5.56 Å². The Bertz CT molecular complexity index is 693. The molecule has 0 amide bonds. The molecule has 0 aromatic heterocycles. The quantitative estimate of drug-likeness (QED) is 0.850. The van der Waals surface area contributed by atoms with Crippen LogP contribution in [0.25, 0.3) is 11.1 Å². The van der Waals surface area contributed by atoms with Crippen LogP contribution in [0.5, 0.6) is 0 Å². The van der Waals surface area contributed by atoms with E-state index in [1.54, 1.807) is 19.1 Å². The molecule has 0 aliphatic carbocycles. The zero-order valence-electron chi connectivity index (χ0n) is 9.59. The Hall–Kier alpha value is -1.72. The van der Waals surface area contributed by atoms with Gasteiger partial charge in [0, 0.05) is 11.1 Å². The fourth-order valence-electron chi connectivity index (χ4n) is 1.76. The Morgan fingerprint density at radius 3 is 2.33 bits per heavy atom. The van der Waals surface area contributed by atoms with E-state index in [9.17, 15) is 12.8 Å². The highest BCUT2D eigenvalue weighted by Gasteiger charge is 2.18. The first kappa shape index (κ1) is 12.7. The lowest BCUT2D eigenvalue weighted by atomic mass is 10.0. The fourth-order valence-corrected chi connectivity index (χ4v) is 2.45. The molecule has 0 aliphatic rings. The van der Waals surface area contributed by atoms with Crippen LogP contribution in [-0.2, 0) is 10.1 Å². The molecule has 0 saturated heterocycles. The van der Waals surface area contributed by atoms with E-state index < -0.39 is 15.9 Å². The molecule has 0 atom stereocenters. The number of rotatable bonds is 2. The number of benzene rings is 2. The summed E-state index contributed by atoms with van der Waals surface area (Å²) < 4.78 is 45.4. The molecule has 0 heterocycles. The predicted molar refractivity (Wildman–Crippen MR) is 66.4 cm³/mol. The molecule has 0 fully saturated rings. The van der Waals surface area contributed by atoms with Gasteiger partial charge in [-0.1, -0.05) is 29.8 Å². The molecule has 0 bridgehead atoms. The molecule has 5 heteroatoms. The minimum Gasteiger partial charge on any atom is -0.282 e. The average molecular weight is 266 g/mol. The molecule has 0 radical (unpaired) electrons. The summed E-state index contributed by atoms with van der Waals surface area (Å²) in [7, 11) is -4.38. The molecule has 2 aromatic carbocycles. The maximum absolute atomic E-state index is 13.7. The topological polar surface area (TPSA) is 54.4 Å². The van der Waals surface area contributed by atoms with Crippen LogP contribution in [-0.4, -0.2) is 13.0 Å². The summed E-state index contributed by atoms with van der Waals surface area (Å²) in [6, 6.07) is 10.2. The lowest BCUT2D eigenvalue weighted by molar-refractivity contribution is 0.483. The first-order valence-corrected chi connectivity index (χ1v) is 6.66. The van der Waals surface area contributed by atoms with Crippen molar-refractivity contribution in [3.8, 4) is 11.1 Å². The number of halogens is 1. The van der Waals surface area contributed by atoms with E-state index in [4.69, 9.17) is 4.55 Å². The molecule has 94 valence electrons. The van der Waals surface area contributed by atoms with Crippen molar-refractivity contribution in [2.24, 2.45) is 0 Å². The Morgan fingerprint density at radius 1 is 1.06 bits per heavy atom. The van der Waals surface area contributed by atoms with Crippen LogP contribution in [0.4, 0.5) is 4.39 Å². The van der Waals surface area contributed by atoms with Crippen molar-refractivity contribution in [3.63, 3.8) is 0 Å². The zero-order chi connectivity index (χ0) is 13.3. The number of hydrogen-bond donors (Lipinski definition) is 1. The van der Waals surface area contributed by atoms with Gasteiger partial charge in [-0.25, -0.2) is 4.39 Å². The smallest absolute Gasteiger partial charge is 0.282 e. The summed E-state index contributed by atoms with van der Waals surface area (Å²) in [5.74, 6) is -0.534. The van der Waals surface area contributed by atoms with Gasteiger partial charge in [-0.3, -0.25) is 4.55 Å². The molecule has 1 N–H and O–H groups in total. The third-order valence-corrected chi connectivity index (χ3v) is 3.49. The lowest BCUT2D eigenvalue weighted by Gasteiger charge is -2.09. The third kappa shape index (κ3) is 2.42. The van der Waals surface area contributed by atoms with Crippen molar-refractivity contribution < 1.29 is 17.4 Å². The van der Waals surface area contributed by atoms with E-state index in [-0.39, 0.29) is 16.0 Å². The molecule has 2 aromatic rings. The van der Waals surface area contributed by atoms with Gasteiger partial charge in [0.1, 0.15) is 10.7 Å². The first-order chi connectivity index (χ1) is 8.39. The van der Waals surface area contributed by atoms with Crippen LogP contribution in [0, 0.1) is 12.7 Å². The van der Waals surface area contributed by atoms with E-state index >= 15 is 0 Å². The van der Waals surface area contributed by atoms with E-state index in [0.717, 1.165) is 5.56 Å². The molecule has 0 unspecified atom stereocenters. The van der Waals surface area contributed by atoms with E-state index in [1.165, 1.54) is 30.3 Å². The molecule has 2 rings (SSSR count). The largest absolute Gasteiger partial charge is 0.295 e. The standard InChI is InChI=1S/C13H11FO3S/c1-9-6-7-13(18(15,16)17)11(8-9)10-4-2-3-5-12(10)14/h2-8H,1H3,(H,15,16,17). The predicted octanol–water partition coefficient (Wildman–Crippen LogP) is 3.05. The lowest BCUT2D eigenvalue weighted by Crippen LogP contribution is -2.01. The molecule has 0 spiro atoms. The van der Waals surface area contributed by atoms with Gasteiger partial charge in [0.05, 0.1) is 0 Å². The van der Waals surface area contributed by atoms with Crippen molar-refractivity contribution >= 4 is 10.1 Å². The van der Waals surface area contributed by atoms with Crippen LogP contribution in [0.15, 0.2) is 47.4 Å². The number of hydrogen-bond acceptors (Lipinski definition) is 2. The van der Waals surface area contributed by atoms with Crippen LogP contribution >= 0.6 is 0 Å². The second-order valence-electron chi connectivity index (χ2n) is 3.95. The van der Waals surface area contributed by atoms with Crippen molar-refractivity contribution in [2.75, 3.05) is 0 Å². The fraction of sp³-hybridized carbons (Fsp3) is 0.0769. The number of aryl methyl sites for hydroxylation is 1. The molecular formula is C13H11FO3S. The van der Waals surface area contributed by atoms with Gasteiger partial charge in [0.2, 0.25) is 0 Å². The van der Waals surface area contributed by atoms with Gasteiger partial charge in [-0.05, 0) is 25.1 Å². The Labute approximate surface area is 105 Å². The third-order valence-electron chi connectivity index (χ3n) is 2.58. The molecule has 0 saturated carbocycles. The van der Waals surface area contributed by atoms with Gasteiger partial charge in [-0.15, -0.1) is 0 Å². The molecule has 3 nitrogen and oxygen atoms in total. The van der Waals surface area contributed by atoms with E-state index in [1.807, 2.05) is 0 Å². The molecule has 0 aliphatic heterocycles. The summed E-state index contributed by atoms with van der Waals surface area (Å²) in [5.41, 5.74) is 1.09. The van der Waals surface area contributed by atoms with Crippen molar-refractivity contribution in [3.05, 3.63) is 53.8 Å². The summed E-state index contributed by atoms with van der Waals surface area (Å²) in [4.78, 5) is -0.293. The zero-order valence-corrected chi connectivity index (χ0v) is 10.4. The normalized spacial score (nSPS) is 11.5. The summed E-state index contributed by atoms with van der Waals surface area (Å²) in [6.07, 6.45) is 0. The highest BCUT2D eigenvalue weighted by molar-refractivity contribution is 7.86. The maximum Gasteiger partial charge on any atom is 0.295 e. The second kappa shape index (κ2) is 4.51. The van der Waals surface area contributed by atoms with Gasteiger partial charge < -0.3 is 0 Å². The van der Waals surface area contributed by atoms with E-state index in [2.05, 4.69) is 0 Å². The van der Waals surface area contributed by atoms with Crippen molar-refractivity contribution in [1.29, 1.82) is 0 Å². The average Bonchev–Trinajstić information content (AvgIpc) is 2.27.